The van der Waals surface area contributed by atoms with Crippen molar-refractivity contribution in [2.45, 2.75) is 37.6 Å². The van der Waals surface area contributed by atoms with Crippen LogP contribution in [0.4, 0.5) is 20.2 Å². The van der Waals surface area contributed by atoms with E-state index in [1.54, 1.807) is 24.3 Å². The number of hydrogen-bond acceptors (Lipinski definition) is 6. The Hall–Kier alpha value is -5.98. The number of benzodiazepines with no additional fused rings is 1. The summed E-state index contributed by atoms with van der Waals surface area (Å²) >= 11 is 6.20. The molecule has 0 atom stereocenters. The van der Waals surface area contributed by atoms with Crippen LogP contribution >= 0.6 is 11.6 Å². The standard InChI is InChI=1S/C28H29F2N3O.C15H10ClN3O3/c29-22-11-7-20(8-12-22)25(21-9-13-23(30)14-10-21)4-3-17-32-18-15-24(16-19-32)33-27-6-2-1-5-26(27)31-28(33)34;16-12-4-2-1-3-10(12)15-11-7-9(19(21)22)5-6-13(11)18-14(20)8-17-15/h1-2,5-14,24-25H,3-4,15-19H2,(H,31,34);1-7H,8H2,(H,18,20). The van der Waals surface area contributed by atoms with E-state index < -0.39 is 4.92 Å². The Morgan fingerprint density at radius 1 is 0.839 bits per heavy atom. The van der Waals surface area contributed by atoms with E-state index in [1.807, 2.05) is 53.1 Å². The van der Waals surface area contributed by atoms with Crippen molar-refractivity contribution in [3.05, 3.63) is 175 Å². The Labute approximate surface area is 326 Å². The number of non-ortho nitro benzene ring substituents is 1. The molecule has 286 valence electrons. The highest BCUT2D eigenvalue weighted by atomic mass is 35.5. The van der Waals surface area contributed by atoms with E-state index in [1.165, 1.54) is 42.5 Å². The Morgan fingerprint density at radius 3 is 2.14 bits per heavy atom. The number of nitro groups is 1. The van der Waals surface area contributed by atoms with E-state index >= 15 is 0 Å². The van der Waals surface area contributed by atoms with Gasteiger partial charge in [-0.25, -0.2) is 13.6 Å². The van der Waals surface area contributed by atoms with Gasteiger partial charge in [0.1, 0.15) is 18.2 Å². The van der Waals surface area contributed by atoms with Crippen molar-refractivity contribution in [3.63, 3.8) is 0 Å². The minimum atomic E-state index is -0.489. The number of nitro benzene ring substituents is 1. The van der Waals surface area contributed by atoms with Gasteiger partial charge in [0.25, 0.3) is 5.69 Å². The third-order valence-electron chi connectivity index (χ3n) is 10.3. The molecule has 2 aliphatic heterocycles. The van der Waals surface area contributed by atoms with Gasteiger partial charge in [-0.3, -0.25) is 24.5 Å². The van der Waals surface area contributed by atoms with Gasteiger partial charge < -0.3 is 15.2 Å². The molecule has 1 aromatic heterocycles. The van der Waals surface area contributed by atoms with E-state index in [0.717, 1.165) is 67.5 Å². The zero-order chi connectivity index (χ0) is 39.2. The number of H-pyrrole nitrogens is 1. The average molecular weight is 777 g/mol. The Bertz CT molecular complexity index is 2390. The molecule has 3 heterocycles. The molecule has 5 aromatic carbocycles. The number of nitrogens with zero attached hydrogens (tertiary/aromatic N) is 4. The summed E-state index contributed by atoms with van der Waals surface area (Å²) in [5, 5.41) is 14.2. The number of hydrogen-bond donors (Lipinski definition) is 2. The van der Waals surface area contributed by atoms with Crippen molar-refractivity contribution in [1.82, 2.24) is 14.5 Å². The van der Waals surface area contributed by atoms with Crippen LogP contribution in [0.25, 0.3) is 11.0 Å². The molecule has 2 aliphatic rings. The summed E-state index contributed by atoms with van der Waals surface area (Å²) in [6.07, 6.45) is 3.78. The predicted octanol–water partition coefficient (Wildman–Crippen LogP) is 8.89. The number of amides is 1. The van der Waals surface area contributed by atoms with Crippen LogP contribution in [0.5, 0.6) is 0 Å². The van der Waals surface area contributed by atoms with Gasteiger partial charge in [-0.15, -0.1) is 0 Å². The molecular weight excluding hydrogens is 738 g/mol. The summed E-state index contributed by atoms with van der Waals surface area (Å²) in [6.45, 7) is 2.81. The van der Waals surface area contributed by atoms with Crippen molar-refractivity contribution < 1.29 is 18.5 Å². The number of fused-ring (bicyclic) bond motifs is 2. The van der Waals surface area contributed by atoms with Gasteiger partial charge in [0, 0.05) is 53.3 Å². The maximum atomic E-state index is 13.5. The Morgan fingerprint density at radius 2 is 1.48 bits per heavy atom. The van der Waals surface area contributed by atoms with Crippen molar-refractivity contribution in [2.24, 2.45) is 4.99 Å². The first-order valence-corrected chi connectivity index (χ1v) is 18.8. The summed E-state index contributed by atoms with van der Waals surface area (Å²) < 4.78 is 28.9. The number of para-hydroxylation sites is 2. The topological polar surface area (TPSA) is 126 Å². The molecule has 0 bridgehead atoms. The highest BCUT2D eigenvalue weighted by Gasteiger charge is 2.25. The quantitative estimate of drug-likeness (QED) is 0.112. The van der Waals surface area contributed by atoms with Crippen LogP contribution in [0.1, 0.15) is 59.9 Å². The molecule has 2 N–H and O–H groups in total. The van der Waals surface area contributed by atoms with E-state index in [0.29, 0.717) is 27.5 Å². The highest BCUT2D eigenvalue weighted by Crippen LogP contribution is 2.32. The van der Waals surface area contributed by atoms with Gasteiger partial charge in [0.05, 0.1) is 27.4 Å². The first-order valence-electron chi connectivity index (χ1n) is 18.4. The van der Waals surface area contributed by atoms with Crippen LogP contribution < -0.4 is 11.0 Å². The van der Waals surface area contributed by atoms with Crippen LogP contribution in [0.3, 0.4) is 0 Å². The van der Waals surface area contributed by atoms with Crippen LogP contribution in [-0.2, 0) is 4.79 Å². The third-order valence-corrected chi connectivity index (χ3v) is 10.6. The van der Waals surface area contributed by atoms with Crippen LogP contribution in [0.15, 0.2) is 125 Å². The molecule has 0 radical (unpaired) electrons. The lowest BCUT2D eigenvalue weighted by Gasteiger charge is -2.32. The number of rotatable bonds is 9. The first-order chi connectivity index (χ1) is 27.1. The minimum absolute atomic E-state index is 0.0268. The number of anilines is 1. The van der Waals surface area contributed by atoms with E-state index in [4.69, 9.17) is 11.6 Å². The summed E-state index contributed by atoms with van der Waals surface area (Å²) in [5.74, 6) is -0.682. The van der Waals surface area contributed by atoms with Crippen molar-refractivity contribution >= 4 is 45.6 Å². The number of carbonyl (C=O) groups is 1. The second-order valence-electron chi connectivity index (χ2n) is 13.9. The molecular formula is C43H39ClF2N6O4. The molecule has 1 amide bonds. The number of halogens is 3. The summed E-state index contributed by atoms with van der Waals surface area (Å²) in [6, 6.07) is 32.6. The lowest BCUT2D eigenvalue weighted by molar-refractivity contribution is -0.384. The fraction of sp³-hybridized carbons (Fsp3) is 0.233. The van der Waals surface area contributed by atoms with E-state index in [9.17, 15) is 28.5 Å². The largest absolute Gasteiger partial charge is 0.326 e. The molecule has 1 fully saturated rings. The highest BCUT2D eigenvalue weighted by molar-refractivity contribution is 6.36. The summed E-state index contributed by atoms with van der Waals surface area (Å²) in [4.78, 5) is 44.5. The van der Waals surface area contributed by atoms with Crippen LogP contribution in [-0.4, -0.2) is 57.2 Å². The number of piperidine rings is 1. The molecule has 0 aliphatic carbocycles. The SMILES string of the molecule is O=C1CN=C(c2ccccc2Cl)c2cc([N+](=O)[O-])ccc2N1.O=c1[nH]c2ccccc2n1C1CCN(CCCC(c2ccc(F)cc2)c2ccc(F)cc2)CC1. The number of carbonyl (C=O) groups excluding carboxylic acids is 1. The molecule has 0 saturated carbocycles. The third kappa shape index (κ3) is 8.77. The van der Waals surface area contributed by atoms with Gasteiger partial charge in [-0.1, -0.05) is 66.2 Å². The number of likely N-dealkylation sites (tertiary alicyclic amines) is 1. The number of benzene rings is 5. The monoisotopic (exact) mass is 776 g/mol. The molecule has 0 unspecified atom stereocenters. The maximum Gasteiger partial charge on any atom is 0.326 e. The van der Waals surface area contributed by atoms with Gasteiger partial charge in [0.15, 0.2) is 0 Å². The Balaban J connectivity index is 0.000000189. The van der Waals surface area contributed by atoms with Crippen molar-refractivity contribution in [3.8, 4) is 0 Å². The van der Waals surface area contributed by atoms with Crippen LogP contribution in [0, 0.1) is 21.7 Å². The van der Waals surface area contributed by atoms with Crippen molar-refractivity contribution in [1.29, 1.82) is 0 Å². The molecule has 56 heavy (non-hydrogen) atoms. The molecule has 6 aromatic rings. The lowest BCUT2D eigenvalue weighted by Crippen LogP contribution is -2.37. The van der Waals surface area contributed by atoms with Gasteiger partial charge in [-0.05, 0) is 91.9 Å². The number of imidazole rings is 1. The second-order valence-corrected chi connectivity index (χ2v) is 14.3. The normalized spacial score (nSPS) is 14.7. The van der Waals surface area contributed by atoms with Gasteiger partial charge in [-0.2, -0.15) is 0 Å². The minimum Gasteiger partial charge on any atom is -0.324 e. The summed E-state index contributed by atoms with van der Waals surface area (Å²) in [5.41, 5.74) is 5.91. The number of aromatic amines is 1. The first kappa shape index (κ1) is 38.3. The Kier molecular flexibility index (Phi) is 11.8. The fourth-order valence-corrected chi connectivity index (χ4v) is 7.76. The maximum absolute atomic E-state index is 13.5. The summed E-state index contributed by atoms with van der Waals surface area (Å²) in [7, 11) is 0. The lowest BCUT2D eigenvalue weighted by atomic mass is 9.87. The molecule has 13 heteroatoms. The number of aromatic nitrogens is 2. The zero-order valence-corrected chi connectivity index (χ0v) is 31.1. The number of aliphatic imine (C=N–C) groups is 1. The molecule has 1 saturated heterocycles. The molecule has 10 nitrogen and oxygen atoms in total. The van der Waals surface area contributed by atoms with Gasteiger partial charge in [0.2, 0.25) is 5.91 Å². The predicted molar refractivity (Wildman–Crippen MR) is 215 cm³/mol. The number of nitrogens with one attached hydrogen (secondary N) is 2. The average Bonchev–Trinajstić information content (AvgIpc) is 3.45. The fourth-order valence-electron chi connectivity index (χ4n) is 7.53. The van der Waals surface area contributed by atoms with Gasteiger partial charge >= 0.3 is 5.69 Å². The molecule has 0 spiro atoms. The zero-order valence-electron chi connectivity index (χ0n) is 30.3. The molecule has 8 rings (SSSR count). The smallest absolute Gasteiger partial charge is 0.324 e. The van der Waals surface area contributed by atoms with E-state index in [2.05, 4.69) is 20.2 Å². The van der Waals surface area contributed by atoms with E-state index in [-0.39, 0.29) is 47.4 Å². The van der Waals surface area contributed by atoms with Crippen molar-refractivity contribution in [2.75, 3.05) is 31.5 Å². The second kappa shape index (κ2) is 17.2. The van der Waals surface area contributed by atoms with Crippen LogP contribution in [0.2, 0.25) is 5.02 Å².